The molecule has 2 fully saturated rings. The Bertz CT molecular complexity index is 1480. The Morgan fingerprint density at radius 2 is 2.08 bits per heavy atom. The number of nitrogen functional groups attached to an aromatic ring is 1. The molecule has 2 aromatic heterocycles. The van der Waals surface area contributed by atoms with Crippen LogP contribution in [0, 0.1) is 0 Å². The molecule has 2 aliphatic rings. The van der Waals surface area contributed by atoms with Crippen LogP contribution in [0.4, 0.5) is 16.2 Å². The van der Waals surface area contributed by atoms with Crippen molar-refractivity contribution in [2.24, 2.45) is 0 Å². The van der Waals surface area contributed by atoms with Crippen LogP contribution >= 0.6 is 19.3 Å². The van der Waals surface area contributed by atoms with Gasteiger partial charge in [0, 0.05) is 14.1 Å². The van der Waals surface area contributed by atoms with E-state index in [1.807, 2.05) is 0 Å². The number of para-hydroxylation sites is 1. The molecule has 17 heteroatoms. The molecule has 1 aliphatic carbocycles. The molecule has 3 heterocycles. The number of alkyl halides is 2. The summed E-state index contributed by atoms with van der Waals surface area (Å²) >= 11 is 6.21. The van der Waals surface area contributed by atoms with E-state index in [-0.39, 0.29) is 17.3 Å². The number of fused-ring (bicyclic) bond motifs is 2. The van der Waals surface area contributed by atoms with Gasteiger partial charge in [0.1, 0.15) is 23.5 Å². The zero-order chi connectivity index (χ0) is 29.0. The first-order valence-electron chi connectivity index (χ1n) is 12.1. The van der Waals surface area contributed by atoms with E-state index in [1.54, 1.807) is 37.2 Å². The Kier molecular flexibility index (Phi) is 7.18. The second kappa shape index (κ2) is 10.1. The van der Waals surface area contributed by atoms with E-state index < -0.39 is 55.3 Å². The van der Waals surface area contributed by atoms with Gasteiger partial charge in [0.2, 0.25) is 5.95 Å². The minimum Gasteiger partial charge on any atom is -0.468 e. The largest absolute Gasteiger partial charge is 0.468 e. The third kappa shape index (κ3) is 4.37. The summed E-state index contributed by atoms with van der Waals surface area (Å²) in [6.45, 7) is 1.38. The number of imidazole rings is 1. The zero-order valence-corrected chi connectivity index (χ0v) is 23.5. The summed E-state index contributed by atoms with van der Waals surface area (Å²) in [7, 11) is 0.164. The van der Waals surface area contributed by atoms with Crippen LogP contribution in [-0.4, -0.2) is 87.2 Å². The maximum atomic E-state index is 16.1. The van der Waals surface area contributed by atoms with Gasteiger partial charge in [0.05, 0.1) is 19.3 Å². The topological polar surface area (TPSA) is 176 Å². The maximum Gasteiger partial charge on any atom is 0.459 e. The molecule has 1 unspecified atom stereocenters. The number of carbonyl (C=O) groups excluding carboxylic acids is 1. The van der Waals surface area contributed by atoms with Gasteiger partial charge in [-0.3, -0.25) is 13.9 Å². The minimum absolute atomic E-state index is 0.0757. The summed E-state index contributed by atoms with van der Waals surface area (Å²) in [5.74, 6) is -0.741. The highest BCUT2D eigenvalue weighted by atomic mass is 35.5. The smallest absolute Gasteiger partial charge is 0.459 e. The Labute approximate surface area is 233 Å². The van der Waals surface area contributed by atoms with Crippen molar-refractivity contribution in [3.63, 3.8) is 0 Å². The third-order valence-corrected chi connectivity index (χ3v) is 8.90. The molecule has 0 spiro atoms. The predicted octanol–water partition coefficient (Wildman–Crippen LogP) is 1.79. The number of hydrogen-bond acceptors (Lipinski definition) is 12. The van der Waals surface area contributed by atoms with Crippen molar-refractivity contribution in [3.8, 4) is 5.75 Å². The average molecular weight is 600 g/mol. The first-order valence-corrected chi connectivity index (χ1v) is 14.1. The average Bonchev–Trinajstić information content (AvgIpc) is 3.16. The van der Waals surface area contributed by atoms with Gasteiger partial charge in [-0.05, 0) is 19.1 Å². The highest BCUT2D eigenvalue weighted by molar-refractivity contribution is 7.52. The van der Waals surface area contributed by atoms with E-state index >= 15 is 4.39 Å². The van der Waals surface area contributed by atoms with Crippen molar-refractivity contribution in [1.82, 2.24) is 24.6 Å². The lowest BCUT2D eigenvalue weighted by atomic mass is 10.1. The number of nitrogens with one attached hydrogen (secondary N) is 1. The molecule has 0 bridgehead atoms. The molecule has 1 aromatic carbocycles. The van der Waals surface area contributed by atoms with Gasteiger partial charge < -0.3 is 29.7 Å². The molecule has 1 aliphatic heterocycles. The molecule has 1 saturated carbocycles. The molecule has 40 heavy (non-hydrogen) atoms. The minimum atomic E-state index is -4.46. The molecule has 0 radical (unpaired) electrons. The number of nitrogens with two attached hydrogens (primary N) is 1. The number of rotatable bonds is 10. The molecule has 4 N–H and O–H groups in total. The number of carbonyl (C=O) groups is 1. The van der Waals surface area contributed by atoms with Crippen LogP contribution in [0.15, 0.2) is 36.7 Å². The number of anilines is 2. The zero-order valence-electron chi connectivity index (χ0n) is 21.9. The van der Waals surface area contributed by atoms with E-state index in [2.05, 4.69) is 24.8 Å². The van der Waals surface area contributed by atoms with Crippen LogP contribution in [0.1, 0.15) is 13.2 Å². The SMILES string of the molecule is COC(=O)[C@@H](C)N[P@@](=O)(Oc1ccccc1)OC1[C@@]2(CCl)O[C@@H](n3cnc4c(N(C)C)nc(N)nc43)[C@H](F)[C@@]12O. The van der Waals surface area contributed by atoms with Crippen molar-refractivity contribution in [2.75, 3.05) is 37.7 Å². The number of hydrogen-bond donors (Lipinski definition) is 3. The predicted molar refractivity (Wildman–Crippen MR) is 142 cm³/mol. The van der Waals surface area contributed by atoms with Crippen molar-refractivity contribution < 1.29 is 37.4 Å². The molecule has 1 saturated heterocycles. The summed E-state index contributed by atoms with van der Waals surface area (Å²) in [4.78, 5) is 26.3. The summed E-state index contributed by atoms with van der Waals surface area (Å²) in [5.41, 5.74) is 2.19. The number of esters is 1. The lowest BCUT2D eigenvalue weighted by Crippen LogP contribution is -2.37. The van der Waals surface area contributed by atoms with Gasteiger partial charge in [-0.2, -0.15) is 15.1 Å². The third-order valence-electron chi connectivity index (χ3n) is 6.86. The molecule has 216 valence electrons. The molecule has 7 atom stereocenters. The fourth-order valence-electron chi connectivity index (χ4n) is 4.80. The molecular formula is C23H28ClFN7O7P. The number of aliphatic hydroxyl groups is 1. The fourth-order valence-corrected chi connectivity index (χ4v) is 6.96. The van der Waals surface area contributed by atoms with Crippen molar-refractivity contribution >= 4 is 48.2 Å². The number of benzene rings is 1. The fraction of sp³-hybridized carbons (Fsp3) is 0.478. The van der Waals surface area contributed by atoms with Crippen molar-refractivity contribution in [1.29, 1.82) is 0 Å². The summed E-state index contributed by atoms with van der Waals surface area (Å²) in [6, 6.07) is 6.82. The van der Waals surface area contributed by atoms with Gasteiger partial charge in [-0.25, -0.2) is 13.9 Å². The Morgan fingerprint density at radius 1 is 1.38 bits per heavy atom. The normalized spacial score (nSPS) is 29.4. The molecule has 5 rings (SSSR count). The van der Waals surface area contributed by atoms with Crippen LogP contribution < -0.4 is 20.2 Å². The monoisotopic (exact) mass is 599 g/mol. The van der Waals surface area contributed by atoms with Crippen LogP contribution in [0.25, 0.3) is 11.2 Å². The maximum absolute atomic E-state index is 16.1. The van der Waals surface area contributed by atoms with E-state index in [0.29, 0.717) is 11.3 Å². The Hall–Kier alpha value is -3.07. The summed E-state index contributed by atoms with van der Waals surface area (Å²) in [5, 5.41) is 14.0. The van der Waals surface area contributed by atoms with Crippen molar-refractivity contribution in [2.45, 2.75) is 42.7 Å². The highest BCUT2D eigenvalue weighted by Crippen LogP contribution is 2.69. The molecule has 0 amide bonds. The van der Waals surface area contributed by atoms with Crippen LogP contribution in [0.2, 0.25) is 0 Å². The molecular weight excluding hydrogens is 572 g/mol. The van der Waals surface area contributed by atoms with E-state index in [9.17, 15) is 14.5 Å². The second-order valence-corrected chi connectivity index (χ2v) is 11.6. The quantitative estimate of drug-likeness (QED) is 0.175. The van der Waals surface area contributed by atoms with Gasteiger partial charge >= 0.3 is 13.7 Å². The van der Waals surface area contributed by atoms with Crippen LogP contribution in [0.3, 0.4) is 0 Å². The Morgan fingerprint density at radius 3 is 2.67 bits per heavy atom. The summed E-state index contributed by atoms with van der Waals surface area (Å²) in [6.07, 6.45) is -3.83. The highest BCUT2D eigenvalue weighted by Gasteiger charge is 2.90. The number of halogens is 2. The van der Waals surface area contributed by atoms with E-state index in [1.165, 1.54) is 30.0 Å². The lowest BCUT2D eigenvalue weighted by Gasteiger charge is -2.27. The number of ether oxygens (including phenoxy) is 2. The lowest BCUT2D eigenvalue weighted by molar-refractivity contribution is -0.142. The number of aromatic nitrogens is 4. The van der Waals surface area contributed by atoms with Gasteiger partial charge in [0.25, 0.3) is 0 Å². The van der Waals surface area contributed by atoms with E-state index in [0.717, 1.165) is 7.11 Å². The number of nitrogens with zero attached hydrogens (tertiary/aromatic N) is 5. The van der Waals surface area contributed by atoms with Gasteiger partial charge in [-0.1, -0.05) is 18.2 Å². The molecule has 3 aromatic rings. The summed E-state index contributed by atoms with van der Waals surface area (Å²) < 4.78 is 53.3. The van der Waals surface area contributed by atoms with E-state index in [4.69, 9.17) is 31.1 Å². The van der Waals surface area contributed by atoms with Gasteiger partial charge in [0.15, 0.2) is 35.0 Å². The Balaban J connectivity index is 1.46. The standard InChI is InChI=1S/C23H28ClFN7O7P/c1-12(19(33)36-4)30-40(35,38-13-8-6-5-7-9-13)39-20-22(10-24)23(20,34)15(25)18(37-22)32-11-27-14-16(31(2)3)28-21(26)29-17(14)32/h5-9,11-12,15,18,20,34H,10H2,1-4H3,(H,30,35)(H2,26,28,29)/t12-,15+,18-,20?,22-,23-,40-/m1/s1. The molecule has 14 nitrogen and oxygen atoms in total. The van der Waals surface area contributed by atoms with Crippen LogP contribution in [0.5, 0.6) is 5.75 Å². The first kappa shape index (κ1) is 28.5. The number of methoxy groups -OCH3 is 1. The van der Waals surface area contributed by atoms with Gasteiger partial charge in [-0.15, -0.1) is 11.6 Å². The van der Waals surface area contributed by atoms with Crippen LogP contribution in [-0.2, 0) is 23.4 Å². The van der Waals surface area contributed by atoms with Crippen molar-refractivity contribution in [3.05, 3.63) is 36.7 Å². The second-order valence-electron chi connectivity index (χ2n) is 9.64. The first-order chi connectivity index (χ1) is 18.9.